The van der Waals surface area contributed by atoms with Crippen LogP contribution in [0.4, 0.5) is 15.8 Å². The summed E-state index contributed by atoms with van der Waals surface area (Å²) in [4.78, 5) is 19.3. The van der Waals surface area contributed by atoms with E-state index in [1.54, 1.807) is 17.0 Å². The highest BCUT2D eigenvalue weighted by Gasteiger charge is 2.39. The molecular weight excluding hydrogens is 641 g/mol. The summed E-state index contributed by atoms with van der Waals surface area (Å²) in [6.45, 7) is 4.62. The van der Waals surface area contributed by atoms with Gasteiger partial charge in [0.1, 0.15) is 30.0 Å². The van der Waals surface area contributed by atoms with E-state index in [0.29, 0.717) is 45.4 Å². The van der Waals surface area contributed by atoms with Gasteiger partial charge in [-0.15, -0.1) is 0 Å². The second-order valence-corrected chi connectivity index (χ2v) is 13.5. The van der Waals surface area contributed by atoms with Crippen LogP contribution in [0.25, 0.3) is 0 Å². The van der Waals surface area contributed by atoms with Crippen molar-refractivity contribution >= 4 is 17.3 Å². The smallest absolute Gasteiger partial charge is 0.222 e. The molecule has 0 aromatic heterocycles. The Morgan fingerprint density at radius 2 is 1.76 bits per heavy atom. The Morgan fingerprint density at radius 3 is 2.56 bits per heavy atom. The standard InChI is InChI=1S/C39H50FN3O7/c40-30-6-4-7-31(23-30)42-17-15-33(24-42)50-32-12-10-29(11-13-32)39-35(46)25-43(38(47)8-2-1-3-19-44)26-37(39)49-27-28-9-14-36-34(22-28)41(16-5-20-45)18-21-48-36/h4,6-7,9-14,22-23,33,35,37,39,44-46H,1-3,5,8,15-21,24-27H2. The van der Waals surface area contributed by atoms with E-state index in [9.17, 15) is 19.4 Å². The fourth-order valence-corrected chi connectivity index (χ4v) is 7.31. The van der Waals surface area contributed by atoms with Crippen molar-refractivity contribution in [3.63, 3.8) is 0 Å². The number of halogens is 1. The molecule has 0 spiro atoms. The zero-order valence-corrected chi connectivity index (χ0v) is 28.7. The zero-order valence-electron chi connectivity index (χ0n) is 28.7. The summed E-state index contributed by atoms with van der Waals surface area (Å²) < 4.78 is 32.6. The predicted molar refractivity (Wildman–Crippen MR) is 189 cm³/mol. The molecule has 2 fully saturated rings. The molecule has 2 saturated heterocycles. The van der Waals surface area contributed by atoms with Gasteiger partial charge in [-0.1, -0.05) is 30.7 Å². The lowest BCUT2D eigenvalue weighted by molar-refractivity contribution is -0.142. The fourth-order valence-electron chi connectivity index (χ4n) is 7.31. The van der Waals surface area contributed by atoms with Crippen LogP contribution in [0, 0.1) is 5.82 Å². The van der Waals surface area contributed by atoms with Crippen molar-refractivity contribution in [1.29, 1.82) is 0 Å². The third kappa shape index (κ3) is 9.06. The van der Waals surface area contributed by atoms with E-state index >= 15 is 0 Å². The minimum atomic E-state index is -0.831. The number of piperidine rings is 1. The lowest BCUT2D eigenvalue weighted by atomic mass is 9.84. The number of aliphatic hydroxyl groups excluding tert-OH is 3. The van der Waals surface area contributed by atoms with Gasteiger partial charge in [0.15, 0.2) is 0 Å². The zero-order chi connectivity index (χ0) is 34.9. The second kappa shape index (κ2) is 17.4. The number of carbonyl (C=O) groups excluding carboxylic acids is 1. The molecule has 3 heterocycles. The van der Waals surface area contributed by atoms with Gasteiger partial charge < -0.3 is 44.2 Å². The van der Waals surface area contributed by atoms with E-state index in [0.717, 1.165) is 66.5 Å². The van der Waals surface area contributed by atoms with E-state index in [1.165, 1.54) is 6.07 Å². The maximum atomic E-state index is 13.8. The number of fused-ring (bicyclic) bond motifs is 1. The summed E-state index contributed by atoms with van der Waals surface area (Å²) in [7, 11) is 0. The van der Waals surface area contributed by atoms with Crippen molar-refractivity contribution in [2.24, 2.45) is 0 Å². The Hall–Kier alpha value is -3.90. The minimum Gasteiger partial charge on any atom is -0.490 e. The number of hydrogen-bond acceptors (Lipinski definition) is 9. The molecule has 270 valence electrons. The number of β-amino-alcohol motifs (C(OH)–C–C–N with tert-alkyl or cyclic N) is 1. The maximum Gasteiger partial charge on any atom is 0.222 e. The van der Waals surface area contributed by atoms with E-state index in [4.69, 9.17) is 19.3 Å². The molecule has 11 heteroatoms. The Labute approximate surface area is 294 Å². The number of unbranched alkanes of at least 4 members (excludes halogenated alkanes) is 2. The highest BCUT2D eigenvalue weighted by Crippen LogP contribution is 2.36. The molecule has 50 heavy (non-hydrogen) atoms. The van der Waals surface area contributed by atoms with Crippen molar-refractivity contribution in [2.45, 2.75) is 69.4 Å². The third-order valence-corrected chi connectivity index (χ3v) is 9.94. The van der Waals surface area contributed by atoms with Crippen LogP contribution in [0.15, 0.2) is 66.7 Å². The third-order valence-electron chi connectivity index (χ3n) is 9.94. The Bertz CT molecular complexity index is 1540. The molecular formula is C39H50FN3O7. The lowest BCUT2D eigenvalue weighted by Gasteiger charge is -2.42. The predicted octanol–water partition coefficient (Wildman–Crippen LogP) is 4.49. The van der Waals surface area contributed by atoms with Crippen LogP contribution in [-0.4, -0.2) is 104 Å². The first-order valence-electron chi connectivity index (χ1n) is 18.0. The molecule has 3 aromatic carbocycles. The van der Waals surface area contributed by atoms with Gasteiger partial charge in [-0.25, -0.2) is 4.39 Å². The Balaban J connectivity index is 1.14. The van der Waals surface area contributed by atoms with E-state index in [2.05, 4.69) is 15.9 Å². The molecule has 3 N–H and O–H groups in total. The number of hydrogen-bond donors (Lipinski definition) is 3. The largest absolute Gasteiger partial charge is 0.490 e. The molecule has 1 amide bonds. The van der Waals surface area contributed by atoms with Crippen LogP contribution < -0.4 is 19.3 Å². The molecule has 0 radical (unpaired) electrons. The quantitative estimate of drug-likeness (QED) is 0.199. The van der Waals surface area contributed by atoms with Gasteiger partial charge in [-0.3, -0.25) is 4.79 Å². The van der Waals surface area contributed by atoms with E-state index < -0.39 is 12.2 Å². The van der Waals surface area contributed by atoms with Gasteiger partial charge >= 0.3 is 0 Å². The van der Waals surface area contributed by atoms with Gasteiger partial charge in [0.05, 0.1) is 37.6 Å². The summed E-state index contributed by atoms with van der Waals surface area (Å²) >= 11 is 0. The number of likely N-dealkylation sites (tertiary alicyclic amines) is 1. The van der Waals surface area contributed by atoms with E-state index in [-0.39, 0.29) is 50.1 Å². The fraction of sp³-hybridized carbons (Fsp3) is 0.513. The number of amides is 1. The van der Waals surface area contributed by atoms with Crippen LogP contribution >= 0.6 is 0 Å². The molecule has 0 bridgehead atoms. The monoisotopic (exact) mass is 691 g/mol. The molecule has 10 nitrogen and oxygen atoms in total. The van der Waals surface area contributed by atoms with Gasteiger partial charge in [0, 0.05) is 63.8 Å². The summed E-state index contributed by atoms with van der Waals surface area (Å²) in [5, 5.41) is 30.0. The van der Waals surface area contributed by atoms with Crippen molar-refractivity contribution in [1.82, 2.24) is 4.90 Å². The molecule has 0 saturated carbocycles. The lowest BCUT2D eigenvalue weighted by Crippen LogP contribution is -2.53. The maximum absolute atomic E-state index is 13.8. The molecule has 6 rings (SSSR count). The molecule has 4 unspecified atom stereocenters. The number of anilines is 2. The summed E-state index contributed by atoms with van der Waals surface area (Å²) in [5.41, 5.74) is 3.69. The van der Waals surface area contributed by atoms with Gasteiger partial charge in [0.2, 0.25) is 5.91 Å². The van der Waals surface area contributed by atoms with Crippen molar-refractivity contribution in [3.8, 4) is 11.5 Å². The van der Waals surface area contributed by atoms with Crippen LogP contribution in [0.3, 0.4) is 0 Å². The number of benzene rings is 3. The number of aliphatic hydroxyl groups is 3. The van der Waals surface area contributed by atoms with Crippen LogP contribution in [0.1, 0.15) is 55.6 Å². The van der Waals surface area contributed by atoms with Gasteiger partial charge in [-0.2, -0.15) is 0 Å². The number of nitrogens with zero attached hydrogens (tertiary/aromatic N) is 3. The molecule has 3 aliphatic rings. The summed E-state index contributed by atoms with van der Waals surface area (Å²) in [5.74, 6) is 0.901. The summed E-state index contributed by atoms with van der Waals surface area (Å²) in [6, 6.07) is 20.4. The van der Waals surface area contributed by atoms with Crippen molar-refractivity contribution in [3.05, 3.63) is 83.7 Å². The molecule has 4 atom stereocenters. The van der Waals surface area contributed by atoms with Crippen molar-refractivity contribution in [2.75, 3.05) is 68.9 Å². The highest BCUT2D eigenvalue weighted by atomic mass is 19.1. The average molecular weight is 692 g/mol. The van der Waals surface area contributed by atoms with Crippen LogP contribution in [-0.2, 0) is 16.1 Å². The Kier molecular flexibility index (Phi) is 12.5. The normalized spacial score (nSPS) is 22.0. The molecule has 0 aliphatic carbocycles. The first-order valence-corrected chi connectivity index (χ1v) is 18.0. The molecule has 3 aromatic rings. The number of rotatable bonds is 15. The number of carbonyl (C=O) groups is 1. The second-order valence-electron chi connectivity index (χ2n) is 13.5. The highest BCUT2D eigenvalue weighted by molar-refractivity contribution is 5.76. The summed E-state index contributed by atoms with van der Waals surface area (Å²) in [6.07, 6.45) is 2.67. The van der Waals surface area contributed by atoms with Crippen LogP contribution in [0.5, 0.6) is 11.5 Å². The van der Waals surface area contributed by atoms with Gasteiger partial charge in [-0.05, 0) is 72.9 Å². The van der Waals surface area contributed by atoms with Gasteiger partial charge in [0.25, 0.3) is 0 Å². The number of ether oxygens (including phenoxy) is 3. The Morgan fingerprint density at radius 1 is 0.920 bits per heavy atom. The topological polar surface area (TPSA) is 115 Å². The minimum absolute atomic E-state index is 0.0212. The van der Waals surface area contributed by atoms with Crippen LogP contribution in [0.2, 0.25) is 0 Å². The SMILES string of the molecule is O=C(CCCCCO)N1CC(O)C(c2ccc(OC3CCN(c4cccc(F)c4)C3)cc2)C(OCc2ccc3c(c2)N(CCCO)CCO3)C1. The first kappa shape index (κ1) is 35.9. The van der Waals surface area contributed by atoms with E-state index in [1.807, 2.05) is 42.5 Å². The average Bonchev–Trinajstić information content (AvgIpc) is 3.60. The first-order chi connectivity index (χ1) is 24.4. The molecule has 3 aliphatic heterocycles. The van der Waals surface area contributed by atoms with Crippen molar-refractivity contribution < 1.29 is 38.7 Å².